The average Bonchev–Trinajstić information content (AvgIpc) is 2.08. The van der Waals surface area contributed by atoms with Crippen LogP contribution in [0.5, 0.6) is 0 Å². The normalized spacial score (nSPS) is 10.6. The second kappa shape index (κ2) is 2.73. The minimum atomic E-state index is 0.718. The third kappa shape index (κ3) is 1.35. The van der Waals surface area contributed by atoms with Gasteiger partial charge >= 0.3 is 0 Å². The van der Waals surface area contributed by atoms with Gasteiger partial charge in [-0.25, -0.2) is 0 Å². The molecule has 0 aliphatic rings. The van der Waals surface area contributed by atoms with E-state index in [9.17, 15) is 0 Å². The topological polar surface area (TPSA) is 38.9 Å². The van der Waals surface area contributed by atoms with Crippen LogP contribution in [0.4, 0.5) is 5.69 Å². The van der Waals surface area contributed by atoms with E-state index in [0.29, 0.717) is 0 Å². The number of rotatable bonds is 0. The van der Waals surface area contributed by atoms with Crippen LogP contribution in [0.1, 0.15) is 11.1 Å². The molecule has 66 valence electrons. The molecule has 1 heterocycles. The molecule has 2 aromatic rings. The second-order valence-electron chi connectivity index (χ2n) is 3.40. The molecule has 2 nitrogen and oxygen atoms in total. The molecule has 0 bridgehead atoms. The summed E-state index contributed by atoms with van der Waals surface area (Å²) in [6, 6.07) is 6.16. The van der Waals surface area contributed by atoms with E-state index in [4.69, 9.17) is 5.73 Å². The number of aromatic nitrogens is 1. The zero-order valence-electron chi connectivity index (χ0n) is 7.83. The number of benzene rings is 1. The average molecular weight is 172 g/mol. The highest BCUT2D eigenvalue weighted by molar-refractivity contribution is 5.82. The molecule has 0 fully saturated rings. The van der Waals surface area contributed by atoms with Crippen LogP contribution in [0.25, 0.3) is 10.9 Å². The lowest BCUT2D eigenvalue weighted by atomic mass is 10.1. The molecule has 13 heavy (non-hydrogen) atoms. The molecule has 0 aliphatic carbocycles. The number of anilines is 1. The van der Waals surface area contributed by atoms with Crippen LogP contribution in [-0.4, -0.2) is 4.98 Å². The quantitative estimate of drug-likeness (QED) is 0.662. The van der Waals surface area contributed by atoms with E-state index in [2.05, 4.69) is 31.0 Å². The largest absolute Gasteiger partial charge is 0.397 e. The van der Waals surface area contributed by atoms with Crippen molar-refractivity contribution >= 4 is 16.6 Å². The Kier molecular flexibility index (Phi) is 1.69. The molecule has 0 saturated heterocycles. The lowest BCUT2D eigenvalue weighted by Crippen LogP contribution is -1.89. The van der Waals surface area contributed by atoms with Crippen molar-refractivity contribution < 1.29 is 0 Å². The van der Waals surface area contributed by atoms with Crippen molar-refractivity contribution in [2.75, 3.05) is 5.73 Å². The summed E-state index contributed by atoms with van der Waals surface area (Å²) in [7, 11) is 0. The van der Waals surface area contributed by atoms with Crippen LogP contribution >= 0.6 is 0 Å². The molecule has 1 aromatic carbocycles. The molecule has 2 rings (SSSR count). The maximum Gasteiger partial charge on any atom is 0.0706 e. The second-order valence-corrected chi connectivity index (χ2v) is 3.40. The zero-order valence-corrected chi connectivity index (χ0v) is 7.83. The van der Waals surface area contributed by atoms with Gasteiger partial charge in [-0.15, -0.1) is 0 Å². The molecule has 0 unspecified atom stereocenters. The van der Waals surface area contributed by atoms with Gasteiger partial charge in [-0.3, -0.25) is 4.98 Å². The Bertz CT molecular complexity index is 461. The van der Waals surface area contributed by atoms with Gasteiger partial charge < -0.3 is 5.73 Å². The highest BCUT2D eigenvalue weighted by Gasteiger charge is 1.98. The first-order valence-corrected chi connectivity index (χ1v) is 4.29. The van der Waals surface area contributed by atoms with Gasteiger partial charge in [0.1, 0.15) is 0 Å². The van der Waals surface area contributed by atoms with Gasteiger partial charge in [-0.1, -0.05) is 0 Å². The van der Waals surface area contributed by atoms with Crippen molar-refractivity contribution in [3.8, 4) is 0 Å². The van der Waals surface area contributed by atoms with Crippen LogP contribution < -0.4 is 5.73 Å². The van der Waals surface area contributed by atoms with E-state index in [1.165, 1.54) is 11.1 Å². The zero-order chi connectivity index (χ0) is 9.42. The van der Waals surface area contributed by atoms with Crippen molar-refractivity contribution in [1.29, 1.82) is 0 Å². The van der Waals surface area contributed by atoms with E-state index in [1.54, 1.807) is 6.20 Å². The highest BCUT2D eigenvalue weighted by Crippen LogP contribution is 2.18. The maximum atomic E-state index is 5.65. The van der Waals surface area contributed by atoms with Gasteiger partial charge in [0, 0.05) is 5.39 Å². The fourth-order valence-corrected chi connectivity index (χ4v) is 1.41. The fraction of sp³-hybridized carbons (Fsp3) is 0.182. The first-order chi connectivity index (χ1) is 6.16. The molecule has 0 amide bonds. The van der Waals surface area contributed by atoms with Crippen LogP contribution in [0.15, 0.2) is 24.4 Å². The van der Waals surface area contributed by atoms with E-state index >= 15 is 0 Å². The summed E-state index contributed by atoms with van der Waals surface area (Å²) in [5.74, 6) is 0. The molecule has 0 radical (unpaired) electrons. The summed E-state index contributed by atoms with van der Waals surface area (Å²) in [6.45, 7) is 4.19. The molecular formula is C11H12N2. The molecule has 0 saturated carbocycles. The molecule has 0 atom stereocenters. The van der Waals surface area contributed by atoms with Crippen molar-refractivity contribution in [3.63, 3.8) is 0 Å². The van der Waals surface area contributed by atoms with Crippen molar-refractivity contribution in [2.24, 2.45) is 0 Å². The van der Waals surface area contributed by atoms with Crippen LogP contribution in [0.3, 0.4) is 0 Å². The van der Waals surface area contributed by atoms with Crippen LogP contribution in [0, 0.1) is 13.8 Å². The van der Waals surface area contributed by atoms with Crippen LogP contribution in [0.2, 0.25) is 0 Å². The third-order valence-electron chi connectivity index (χ3n) is 2.32. The van der Waals surface area contributed by atoms with Gasteiger partial charge in [-0.05, 0) is 43.2 Å². The summed E-state index contributed by atoms with van der Waals surface area (Å²) in [5.41, 5.74) is 9.93. The SMILES string of the molecule is Cc1cc2cc(N)cnc2cc1C. The lowest BCUT2D eigenvalue weighted by molar-refractivity contribution is 1.33. The molecule has 2 N–H and O–H groups in total. The van der Waals surface area contributed by atoms with Gasteiger partial charge in [-0.2, -0.15) is 0 Å². The van der Waals surface area contributed by atoms with Gasteiger partial charge in [0.05, 0.1) is 17.4 Å². The van der Waals surface area contributed by atoms with Crippen LogP contribution in [-0.2, 0) is 0 Å². The number of nitrogens with two attached hydrogens (primary N) is 1. The summed E-state index contributed by atoms with van der Waals surface area (Å²) in [6.07, 6.45) is 1.69. The number of aryl methyl sites for hydroxylation is 2. The minimum Gasteiger partial charge on any atom is -0.397 e. The summed E-state index contributed by atoms with van der Waals surface area (Å²) in [5, 5.41) is 1.11. The van der Waals surface area contributed by atoms with Gasteiger partial charge in [0.15, 0.2) is 0 Å². The Morgan fingerprint density at radius 2 is 1.77 bits per heavy atom. The maximum absolute atomic E-state index is 5.65. The Morgan fingerprint density at radius 3 is 2.54 bits per heavy atom. The third-order valence-corrected chi connectivity index (χ3v) is 2.32. The highest BCUT2D eigenvalue weighted by atomic mass is 14.7. The molecule has 2 heteroatoms. The van der Waals surface area contributed by atoms with E-state index in [0.717, 1.165) is 16.6 Å². The number of nitrogen functional groups attached to an aromatic ring is 1. The van der Waals surface area contributed by atoms with E-state index in [1.807, 2.05) is 6.07 Å². The predicted molar refractivity (Wildman–Crippen MR) is 55.6 cm³/mol. The van der Waals surface area contributed by atoms with Crippen molar-refractivity contribution in [2.45, 2.75) is 13.8 Å². The van der Waals surface area contributed by atoms with Gasteiger partial charge in [0.25, 0.3) is 0 Å². The lowest BCUT2D eigenvalue weighted by Gasteiger charge is -2.03. The number of pyridine rings is 1. The Balaban J connectivity index is 2.81. The molecule has 0 aliphatic heterocycles. The first kappa shape index (κ1) is 8.05. The Hall–Kier alpha value is -1.57. The molecule has 1 aromatic heterocycles. The standard InChI is InChI=1S/C11H12N2/c1-7-3-9-5-10(12)6-13-11(9)4-8(7)2/h3-6H,12H2,1-2H3. The summed E-state index contributed by atoms with van der Waals surface area (Å²) < 4.78 is 0. The van der Waals surface area contributed by atoms with Crippen molar-refractivity contribution in [3.05, 3.63) is 35.5 Å². The number of hydrogen-bond donors (Lipinski definition) is 1. The summed E-state index contributed by atoms with van der Waals surface area (Å²) in [4.78, 5) is 4.26. The molecule has 0 spiro atoms. The van der Waals surface area contributed by atoms with E-state index < -0.39 is 0 Å². The molecular weight excluding hydrogens is 160 g/mol. The Labute approximate surface area is 77.4 Å². The Morgan fingerprint density at radius 1 is 1.08 bits per heavy atom. The summed E-state index contributed by atoms with van der Waals surface area (Å²) >= 11 is 0. The number of nitrogens with zero attached hydrogens (tertiary/aromatic N) is 1. The smallest absolute Gasteiger partial charge is 0.0706 e. The number of fused-ring (bicyclic) bond motifs is 1. The van der Waals surface area contributed by atoms with Crippen molar-refractivity contribution in [1.82, 2.24) is 4.98 Å². The monoisotopic (exact) mass is 172 g/mol. The predicted octanol–water partition coefficient (Wildman–Crippen LogP) is 2.43. The fourth-order valence-electron chi connectivity index (χ4n) is 1.41. The number of hydrogen-bond acceptors (Lipinski definition) is 2. The first-order valence-electron chi connectivity index (χ1n) is 4.29. The minimum absolute atomic E-state index is 0.718. The van der Waals surface area contributed by atoms with Gasteiger partial charge in [0.2, 0.25) is 0 Å². The van der Waals surface area contributed by atoms with E-state index in [-0.39, 0.29) is 0 Å².